The summed E-state index contributed by atoms with van der Waals surface area (Å²) in [6.07, 6.45) is 3.50. The molecule has 0 aromatic heterocycles. The average molecular weight is 229 g/mol. The van der Waals surface area contributed by atoms with E-state index in [9.17, 15) is 18.0 Å². The van der Waals surface area contributed by atoms with Crippen LogP contribution in [0.2, 0.25) is 0 Å². The van der Waals surface area contributed by atoms with Crippen LogP contribution in [0, 0.1) is 0 Å². The molecule has 2 heterocycles. The summed E-state index contributed by atoms with van der Waals surface area (Å²) in [5.41, 5.74) is 0. The Morgan fingerprint density at radius 3 is 2.33 bits per heavy atom. The van der Waals surface area contributed by atoms with Crippen LogP contribution in [-0.4, -0.2) is 42.7 Å². The minimum atomic E-state index is -3.10. The van der Waals surface area contributed by atoms with Crippen molar-refractivity contribution in [2.75, 3.05) is 12.3 Å². The van der Waals surface area contributed by atoms with Crippen molar-refractivity contribution in [1.29, 1.82) is 0 Å². The Hall–Kier alpha value is -1.17. The van der Waals surface area contributed by atoms with Crippen molar-refractivity contribution in [3.63, 3.8) is 0 Å². The highest BCUT2D eigenvalue weighted by molar-refractivity contribution is 7.92. The molecule has 2 rings (SSSR count). The van der Waals surface area contributed by atoms with E-state index in [1.165, 1.54) is 12.2 Å². The van der Waals surface area contributed by atoms with E-state index in [0.29, 0.717) is 12.8 Å². The van der Waals surface area contributed by atoms with E-state index in [0.717, 1.165) is 4.90 Å². The summed E-state index contributed by atoms with van der Waals surface area (Å²) in [6, 6.07) is 0. The van der Waals surface area contributed by atoms with Gasteiger partial charge < -0.3 is 0 Å². The quantitative estimate of drug-likeness (QED) is 0.598. The summed E-state index contributed by atoms with van der Waals surface area (Å²) in [4.78, 5) is 23.4. The zero-order chi connectivity index (χ0) is 11.1. The fourth-order valence-electron chi connectivity index (χ4n) is 1.88. The molecule has 15 heavy (non-hydrogen) atoms. The highest BCUT2D eigenvalue weighted by Crippen LogP contribution is 2.22. The molecule has 1 saturated heterocycles. The lowest BCUT2D eigenvalue weighted by atomic mass is 10.2. The minimum Gasteiger partial charge on any atom is -0.274 e. The number of rotatable bonds is 2. The van der Waals surface area contributed by atoms with Crippen LogP contribution in [0.25, 0.3) is 0 Å². The van der Waals surface area contributed by atoms with Gasteiger partial charge in [0, 0.05) is 18.7 Å². The first-order valence-electron chi connectivity index (χ1n) is 4.76. The van der Waals surface area contributed by atoms with Gasteiger partial charge in [0.25, 0.3) is 11.8 Å². The molecule has 0 spiro atoms. The predicted octanol–water partition coefficient (Wildman–Crippen LogP) is -0.511. The highest BCUT2D eigenvalue weighted by Gasteiger charge is 2.36. The van der Waals surface area contributed by atoms with Crippen LogP contribution in [0.1, 0.15) is 12.8 Å². The number of carbonyl (C=O) groups is 2. The first-order valence-corrected chi connectivity index (χ1v) is 6.47. The van der Waals surface area contributed by atoms with Gasteiger partial charge in [-0.05, 0) is 12.8 Å². The van der Waals surface area contributed by atoms with Crippen molar-refractivity contribution in [2.24, 2.45) is 0 Å². The summed E-state index contributed by atoms with van der Waals surface area (Å²) < 4.78 is 23.0. The van der Waals surface area contributed by atoms with Gasteiger partial charge in [-0.15, -0.1) is 0 Å². The number of imide groups is 1. The Morgan fingerprint density at radius 1 is 1.27 bits per heavy atom. The lowest BCUT2D eigenvalue weighted by Crippen LogP contribution is -2.38. The van der Waals surface area contributed by atoms with E-state index in [2.05, 4.69) is 0 Å². The number of amides is 2. The number of hydrogen-bond donors (Lipinski definition) is 0. The molecule has 2 aliphatic rings. The predicted molar refractivity (Wildman–Crippen MR) is 52.7 cm³/mol. The maximum atomic E-state index is 11.5. The molecule has 0 bridgehead atoms. The van der Waals surface area contributed by atoms with Crippen LogP contribution in [0.3, 0.4) is 0 Å². The van der Waals surface area contributed by atoms with Gasteiger partial charge in [0.05, 0.1) is 11.0 Å². The Labute approximate surface area is 87.7 Å². The normalized spacial score (nSPS) is 29.1. The Balaban J connectivity index is 2.10. The second kappa shape index (κ2) is 3.44. The van der Waals surface area contributed by atoms with Gasteiger partial charge >= 0.3 is 0 Å². The summed E-state index contributed by atoms with van der Waals surface area (Å²) >= 11 is 0. The lowest BCUT2D eigenvalue weighted by Gasteiger charge is -2.17. The third kappa shape index (κ3) is 1.81. The number of nitrogens with zero attached hydrogens (tertiary/aromatic N) is 1. The molecule has 82 valence electrons. The van der Waals surface area contributed by atoms with Gasteiger partial charge in [0.2, 0.25) is 0 Å². The molecule has 1 fully saturated rings. The van der Waals surface area contributed by atoms with Crippen molar-refractivity contribution in [1.82, 2.24) is 4.90 Å². The maximum Gasteiger partial charge on any atom is 0.253 e. The molecular formula is C9H11NO4S. The monoisotopic (exact) mass is 229 g/mol. The molecule has 6 heteroatoms. The standard InChI is InChI=1S/C9H11NO4S/c11-8-3-4-9(12)10(8)6-7-2-1-5-15(7,13)14/h3-4,7H,1-2,5-6H2. The summed E-state index contributed by atoms with van der Waals surface area (Å²) in [6.45, 7) is 0.00694. The molecule has 0 aromatic carbocycles. The first kappa shape index (κ1) is 10.4. The molecule has 1 unspecified atom stereocenters. The van der Waals surface area contributed by atoms with Gasteiger partial charge in [-0.2, -0.15) is 0 Å². The van der Waals surface area contributed by atoms with E-state index >= 15 is 0 Å². The molecule has 0 aromatic rings. The third-order valence-corrected chi connectivity index (χ3v) is 5.01. The van der Waals surface area contributed by atoms with Gasteiger partial charge in [-0.3, -0.25) is 14.5 Å². The number of sulfone groups is 1. The molecule has 0 radical (unpaired) electrons. The Kier molecular flexibility index (Phi) is 2.38. The SMILES string of the molecule is O=C1C=CC(=O)N1CC1CCCS1(=O)=O. The number of hydrogen-bond acceptors (Lipinski definition) is 4. The average Bonchev–Trinajstić information content (AvgIpc) is 2.63. The third-order valence-electron chi connectivity index (χ3n) is 2.75. The molecule has 0 N–H and O–H groups in total. The zero-order valence-electron chi connectivity index (χ0n) is 8.05. The van der Waals surface area contributed by atoms with Crippen LogP contribution >= 0.6 is 0 Å². The molecule has 0 saturated carbocycles. The van der Waals surface area contributed by atoms with E-state index in [-0.39, 0.29) is 12.3 Å². The van der Waals surface area contributed by atoms with Crippen molar-refractivity contribution in [2.45, 2.75) is 18.1 Å². The topological polar surface area (TPSA) is 71.5 Å². The van der Waals surface area contributed by atoms with Crippen LogP contribution in [0.15, 0.2) is 12.2 Å². The van der Waals surface area contributed by atoms with Gasteiger partial charge in [-0.25, -0.2) is 8.42 Å². The number of carbonyl (C=O) groups excluding carboxylic acids is 2. The molecule has 0 aliphatic carbocycles. The minimum absolute atomic E-state index is 0.00694. The second-order valence-corrected chi connectivity index (χ2v) is 6.15. The fourth-order valence-corrected chi connectivity index (χ4v) is 3.68. The van der Waals surface area contributed by atoms with E-state index < -0.39 is 26.9 Å². The highest BCUT2D eigenvalue weighted by atomic mass is 32.2. The molecule has 1 atom stereocenters. The molecule has 2 aliphatic heterocycles. The van der Waals surface area contributed by atoms with Crippen LogP contribution < -0.4 is 0 Å². The second-order valence-electron chi connectivity index (χ2n) is 3.75. The molecule has 2 amide bonds. The summed E-state index contributed by atoms with van der Waals surface area (Å²) in [5, 5.41) is -0.565. The summed E-state index contributed by atoms with van der Waals surface area (Å²) in [7, 11) is -3.10. The van der Waals surface area contributed by atoms with Crippen molar-refractivity contribution < 1.29 is 18.0 Å². The Bertz CT molecular complexity index is 419. The Morgan fingerprint density at radius 2 is 1.87 bits per heavy atom. The van der Waals surface area contributed by atoms with Gasteiger partial charge in [0.1, 0.15) is 0 Å². The zero-order valence-corrected chi connectivity index (χ0v) is 8.87. The van der Waals surface area contributed by atoms with Crippen molar-refractivity contribution in [3.8, 4) is 0 Å². The summed E-state index contributed by atoms with van der Waals surface area (Å²) in [5.74, 6) is -0.661. The fraction of sp³-hybridized carbons (Fsp3) is 0.556. The molecule has 5 nitrogen and oxygen atoms in total. The maximum absolute atomic E-state index is 11.5. The van der Waals surface area contributed by atoms with Crippen LogP contribution in [0.5, 0.6) is 0 Å². The van der Waals surface area contributed by atoms with Crippen LogP contribution in [-0.2, 0) is 19.4 Å². The van der Waals surface area contributed by atoms with Gasteiger partial charge in [-0.1, -0.05) is 0 Å². The van der Waals surface area contributed by atoms with Crippen molar-refractivity contribution >= 4 is 21.7 Å². The molecular weight excluding hydrogens is 218 g/mol. The largest absolute Gasteiger partial charge is 0.274 e. The van der Waals surface area contributed by atoms with E-state index in [4.69, 9.17) is 0 Å². The van der Waals surface area contributed by atoms with E-state index in [1.807, 2.05) is 0 Å². The van der Waals surface area contributed by atoms with Crippen LogP contribution in [0.4, 0.5) is 0 Å². The van der Waals surface area contributed by atoms with Gasteiger partial charge in [0.15, 0.2) is 9.84 Å². The first-order chi connectivity index (χ1) is 7.00. The van der Waals surface area contributed by atoms with E-state index in [1.54, 1.807) is 0 Å². The smallest absolute Gasteiger partial charge is 0.253 e. The van der Waals surface area contributed by atoms with Crippen molar-refractivity contribution in [3.05, 3.63) is 12.2 Å². The lowest BCUT2D eigenvalue weighted by molar-refractivity contribution is -0.136.